The Balaban J connectivity index is 2.36. The molecule has 0 unspecified atom stereocenters. The lowest BCUT2D eigenvalue weighted by Crippen LogP contribution is -2.48. The molecule has 0 aliphatic rings. The Morgan fingerprint density at radius 2 is 1.42 bits per heavy atom. The second-order valence-corrected chi connectivity index (χ2v) is 8.06. The Kier molecular flexibility index (Phi) is 16.2. The first-order valence-electron chi connectivity index (χ1n) is 12.1. The fraction of sp³-hybridized carbons (Fsp3) is 0.680. The van der Waals surface area contributed by atoms with Crippen molar-refractivity contribution in [2.45, 2.75) is 90.6 Å². The molecule has 3 N–H and O–H groups in total. The molecule has 0 heterocycles. The molecule has 0 aliphatic carbocycles. The van der Waals surface area contributed by atoms with Gasteiger partial charge in [0.2, 0.25) is 5.91 Å². The summed E-state index contributed by atoms with van der Waals surface area (Å²) in [5, 5.41) is 8.99. The van der Waals surface area contributed by atoms with Crippen molar-refractivity contribution in [1.29, 1.82) is 0 Å². The molecule has 1 atom stereocenters. The van der Waals surface area contributed by atoms with Gasteiger partial charge in [0, 0.05) is 13.1 Å². The molecule has 6 heteroatoms. The molecule has 0 saturated heterocycles. The topological polar surface area (TPSA) is 79.5 Å². The van der Waals surface area contributed by atoms with E-state index in [4.69, 9.17) is 4.74 Å². The molecule has 0 saturated carbocycles. The van der Waals surface area contributed by atoms with E-state index < -0.39 is 12.1 Å². The van der Waals surface area contributed by atoms with Gasteiger partial charge in [-0.25, -0.2) is 4.79 Å². The number of benzene rings is 1. The van der Waals surface area contributed by atoms with Crippen LogP contribution in [0.3, 0.4) is 0 Å². The number of amides is 2. The highest BCUT2D eigenvalue weighted by Gasteiger charge is 2.19. The molecule has 1 rings (SSSR count). The van der Waals surface area contributed by atoms with E-state index in [0.29, 0.717) is 13.1 Å². The zero-order valence-electron chi connectivity index (χ0n) is 19.6. The summed E-state index contributed by atoms with van der Waals surface area (Å²) in [6, 6.07) is 9.14. The number of carbonyl (C=O) groups is 2. The first-order chi connectivity index (χ1) is 15.2. The van der Waals surface area contributed by atoms with E-state index in [9.17, 15) is 9.59 Å². The van der Waals surface area contributed by atoms with Gasteiger partial charge >= 0.3 is 6.09 Å². The molecule has 1 aromatic carbocycles. The van der Waals surface area contributed by atoms with E-state index in [1.807, 2.05) is 30.3 Å². The Morgan fingerprint density at radius 3 is 2.13 bits per heavy atom. The zero-order valence-corrected chi connectivity index (χ0v) is 19.6. The van der Waals surface area contributed by atoms with E-state index in [1.54, 1.807) is 0 Å². The summed E-state index contributed by atoms with van der Waals surface area (Å²) in [5.74, 6) is -0.0988. The van der Waals surface area contributed by atoms with Crippen LogP contribution in [0.5, 0.6) is 0 Å². The SMILES string of the molecule is CCCCCCCCN[C@@H](COC(=O)NCc1ccccc1)C(=O)NCCCCCC. The highest BCUT2D eigenvalue weighted by molar-refractivity contribution is 5.82. The van der Waals surface area contributed by atoms with Gasteiger partial charge in [-0.1, -0.05) is 95.5 Å². The van der Waals surface area contributed by atoms with Crippen LogP contribution in [-0.2, 0) is 16.1 Å². The Morgan fingerprint density at radius 1 is 0.806 bits per heavy atom. The number of rotatable bonds is 18. The molecule has 2 amide bonds. The molecular formula is C25H43N3O3. The minimum Gasteiger partial charge on any atom is -0.447 e. The molecule has 176 valence electrons. The standard InChI is InChI=1S/C25H43N3O3/c1-3-5-7-9-10-15-18-26-23(24(29)27-19-14-8-6-4-2)21-31-25(30)28-20-22-16-12-11-13-17-22/h11-13,16-17,23,26H,3-10,14-15,18-21H2,1-2H3,(H,27,29)(H,28,30)/t23-/m0/s1. The fourth-order valence-corrected chi connectivity index (χ4v) is 3.28. The van der Waals surface area contributed by atoms with Crippen LogP contribution in [0.2, 0.25) is 0 Å². The number of carbonyl (C=O) groups excluding carboxylic acids is 2. The van der Waals surface area contributed by atoms with Crippen molar-refractivity contribution in [2.24, 2.45) is 0 Å². The molecule has 31 heavy (non-hydrogen) atoms. The maximum absolute atomic E-state index is 12.6. The summed E-state index contributed by atoms with van der Waals surface area (Å²) in [4.78, 5) is 24.6. The highest BCUT2D eigenvalue weighted by Crippen LogP contribution is 2.04. The lowest BCUT2D eigenvalue weighted by molar-refractivity contribution is -0.124. The van der Waals surface area contributed by atoms with Crippen LogP contribution in [0.25, 0.3) is 0 Å². The average molecular weight is 434 g/mol. The lowest BCUT2D eigenvalue weighted by atomic mass is 10.1. The molecule has 0 spiro atoms. The maximum Gasteiger partial charge on any atom is 0.407 e. The van der Waals surface area contributed by atoms with Crippen LogP contribution in [0.15, 0.2) is 30.3 Å². The van der Waals surface area contributed by atoms with Crippen LogP contribution < -0.4 is 16.0 Å². The molecule has 1 aromatic rings. The number of hydrogen-bond donors (Lipinski definition) is 3. The van der Waals surface area contributed by atoms with Gasteiger partial charge in [-0.2, -0.15) is 0 Å². The normalized spacial score (nSPS) is 11.7. The summed E-state index contributed by atoms with van der Waals surface area (Å²) in [6.07, 6.45) is 11.1. The third kappa shape index (κ3) is 14.5. The van der Waals surface area contributed by atoms with Gasteiger partial charge in [0.1, 0.15) is 12.6 Å². The molecule has 0 fully saturated rings. The smallest absolute Gasteiger partial charge is 0.407 e. The van der Waals surface area contributed by atoms with E-state index in [0.717, 1.165) is 37.8 Å². The zero-order chi connectivity index (χ0) is 22.6. The molecule has 0 aromatic heterocycles. The number of hydrogen-bond acceptors (Lipinski definition) is 4. The molecule has 0 aliphatic heterocycles. The van der Waals surface area contributed by atoms with Gasteiger partial charge in [0.15, 0.2) is 0 Å². The first-order valence-corrected chi connectivity index (χ1v) is 12.1. The van der Waals surface area contributed by atoms with Crippen molar-refractivity contribution >= 4 is 12.0 Å². The van der Waals surface area contributed by atoms with Crippen molar-refractivity contribution < 1.29 is 14.3 Å². The van der Waals surface area contributed by atoms with Gasteiger partial charge in [0.25, 0.3) is 0 Å². The Labute approximate surface area is 188 Å². The minimum absolute atomic E-state index is 0.0251. The van der Waals surface area contributed by atoms with Crippen LogP contribution in [0.4, 0.5) is 4.79 Å². The van der Waals surface area contributed by atoms with Gasteiger partial charge < -0.3 is 20.7 Å². The predicted octanol–water partition coefficient (Wildman–Crippen LogP) is 4.93. The van der Waals surface area contributed by atoms with E-state index >= 15 is 0 Å². The highest BCUT2D eigenvalue weighted by atomic mass is 16.5. The van der Waals surface area contributed by atoms with Gasteiger partial charge in [0.05, 0.1) is 0 Å². The first kappa shape index (κ1) is 27.0. The summed E-state index contributed by atoms with van der Waals surface area (Å²) in [5.41, 5.74) is 1.00. The van der Waals surface area contributed by atoms with Crippen LogP contribution >= 0.6 is 0 Å². The van der Waals surface area contributed by atoms with Crippen molar-refractivity contribution in [2.75, 3.05) is 19.7 Å². The van der Waals surface area contributed by atoms with Crippen LogP contribution in [0, 0.1) is 0 Å². The Hall–Kier alpha value is -2.08. The third-order valence-electron chi connectivity index (χ3n) is 5.23. The second kappa shape index (κ2) is 18.7. The Bertz CT molecular complexity index is 581. The van der Waals surface area contributed by atoms with Crippen LogP contribution in [-0.4, -0.2) is 37.7 Å². The van der Waals surface area contributed by atoms with E-state index in [1.165, 1.54) is 38.5 Å². The van der Waals surface area contributed by atoms with Crippen molar-refractivity contribution in [3.63, 3.8) is 0 Å². The second-order valence-electron chi connectivity index (χ2n) is 8.06. The van der Waals surface area contributed by atoms with Gasteiger partial charge in [-0.05, 0) is 24.9 Å². The maximum atomic E-state index is 12.6. The van der Waals surface area contributed by atoms with Crippen molar-refractivity contribution in [3.05, 3.63) is 35.9 Å². The molecular weight excluding hydrogens is 390 g/mol. The number of unbranched alkanes of at least 4 members (excludes halogenated alkanes) is 8. The van der Waals surface area contributed by atoms with Gasteiger partial charge in [-0.15, -0.1) is 0 Å². The number of nitrogens with one attached hydrogen (secondary N) is 3. The molecule has 0 bridgehead atoms. The quantitative estimate of drug-likeness (QED) is 0.287. The molecule has 6 nitrogen and oxygen atoms in total. The summed E-state index contributed by atoms with van der Waals surface area (Å²) < 4.78 is 5.33. The van der Waals surface area contributed by atoms with Crippen LogP contribution in [0.1, 0.15) is 83.6 Å². The van der Waals surface area contributed by atoms with Crippen molar-refractivity contribution in [1.82, 2.24) is 16.0 Å². The third-order valence-corrected chi connectivity index (χ3v) is 5.23. The average Bonchev–Trinajstić information content (AvgIpc) is 2.79. The monoisotopic (exact) mass is 433 g/mol. The fourth-order valence-electron chi connectivity index (χ4n) is 3.28. The lowest BCUT2D eigenvalue weighted by Gasteiger charge is -2.19. The van der Waals surface area contributed by atoms with Crippen molar-refractivity contribution in [3.8, 4) is 0 Å². The molecule has 0 radical (unpaired) electrons. The number of ether oxygens (including phenoxy) is 1. The summed E-state index contributed by atoms with van der Waals surface area (Å²) in [7, 11) is 0. The largest absolute Gasteiger partial charge is 0.447 e. The van der Waals surface area contributed by atoms with E-state index in [2.05, 4.69) is 29.8 Å². The summed E-state index contributed by atoms with van der Waals surface area (Å²) in [6.45, 7) is 6.21. The minimum atomic E-state index is -0.524. The predicted molar refractivity (Wildman–Crippen MR) is 127 cm³/mol. The van der Waals surface area contributed by atoms with E-state index in [-0.39, 0.29) is 12.5 Å². The van der Waals surface area contributed by atoms with Gasteiger partial charge in [-0.3, -0.25) is 4.79 Å². The number of alkyl carbamates (subject to hydrolysis) is 1. The summed E-state index contributed by atoms with van der Waals surface area (Å²) >= 11 is 0.